The summed E-state index contributed by atoms with van der Waals surface area (Å²) < 4.78 is 8.03. The Morgan fingerprint density at radius 3 is 2.20 bits per heavy atom. The van der Waals surface area contributed by atoms with E-state index in [0.717, 1.165) is 16.8 Å². The van der Waals surface area contributed by atoms with E-state index in [-0.39, 0.29) is 5.41 Å². The molecule has 0 saturated heterocycles. The third-order valence-corrected chi connectivity index (χ3v) is 3.47. The highest BCUT2D eigenvalue weighted by Crippen LogP contribution is 2.28. The minimum absolute atomic E-state index is 0.0352. The normalized spacial score (nSPS) is 13.2. The lowest BCUT2D eigenvalue weighted by Gasteiger charge is -2.17. The Kier molecular flexibility index (Phi) is 3.75. The largest absolute Gasteiger partial charge is 0.260 e. The smallest absolute Gasteiger partial charge is 0.0630 e. The van der Waals surface area contributed by atoms with Crippen molar-refractivity contribution in [1.82, 2.24) is 9.97 Å². The van der Waals surface area contributed by atoms with Crippen LogP contribution in [0.4, 0.5) is 0 Å². The first-order valence-electron chi connectivity index (χ1n) is 7.22. The van der Waals surface area contributed by atoms with Gasteiger partial charge in [0.1, 0.15) is 0 Å². The molecule has 3 heteroatoms. The van der Waals surface area contributed by atoms with Crippen molar-refractivity contribution < 1.29 is 1.37 Å². The van der Waals surface area contributed by atoms with Crippen molar-refractivity contribution in [3.8, 4) is 11.1 Å². The molecule has 0 aromatic carbocycles. The number of nitrogens with zero attached hydrogens (tertiary/aromatic N) is 2. The lowest BCUT2D eigenvalue weighted by Crippen LogP contribution is -2.12. The van der Waals surface area contributed by atoms with Gasteiger partial charge in [0.25, 0.3) is 0 Å². The van der Waals surface area contributed by atoms with Gasteiger partial charge >= 0.3 is 0 Å². The first kappa shape index (κ1) is 13.6. The fraction of sp³-hybridized carbons (Fsp3) is 0.412. The second-order valence-electron chi connectivity index (χ2n) is 6.24. The Morgan fingerprint density at radius 2 is 1.75 bits per heavy atom. The fourth-order valence-corrected chi connectivity index (χ4v) is 2.33. The van der Waals surface area contributed by atoms with Crippen molar-refractivity contribution in [3.63, 3.8) is 0 Å². The van der Waals surface area contributed by atoms with Crippen LogP contribution in [0, 0.1) is 0 Å². The summed E-state index contributed by atoms with van der Waals surface area (Å²) in [6, 6.07) is 5.92. The molecular formula is C17H21ClN2. The molecule has 0 amide bonds. The van der Waals surface area contributed by atoms with Crippen LogP contribution in [0.5, 0.6) is 0 Å². The van der Waals surface area contributed by atoms with Gasteiger partial charge in [-0.2, -0.15) is 0 Å². The molecule has 0 aliphatic heterocycles. The number of hydrogen-bond donors (Lipinski definition) is 0. The van der Waals surface area contributed by atoms with Gasteiger partial charge < -0.3 is 0 Å². The van der Waals surface area contributed by atoms with Crippen molar-refractivity contribution >= 4 is 11.6 Å². The molecule has 0 saturated carbocycles. The molecule has 0 spiro atoms. The zero-order valence-electron chi connectivity index (χ0n) is 13.7. The van der Waals surface area contributed by atoms with E-state index < -0.39 is 5.89 Å². The van der Waals surface area contributed by atoms with E-state index in [1.54, 1.807) is 20.0 Å². The van der Waals surface area contributed by atoms with Crippen LogP contribution in [-0.4, -0.2) is 9.97 Å². The highest BCUT2D eigenvalue weighted by Gasteiger charge is 2.15. The van der Waals surface area contributed by atoms with Crippen LogP contribution in [0.3, 0.4) is 0 Å². The quantitative estimate of drug-likeness (QED) is 0.758. The molecule has 2 aromatic rings. The zero-order chi connectivity index (χ0) is 15.8. The number of aromatic nitrogens is 2. The first-order valence-corrected chi connectivity index (χ1v) is 7.10. The second-order valence-corrected chi connectivity index (χ2v) is 6.64. The van der Waals surface area contributed by atoms with Gasteiger partial charge in [-0.05, 0) is 18.0 Å². The summed E-state index contributed by atoms with van der Waals surface area (Å²) in [5, 5.41) is 0.521. The summed E-state index contributed by atoms with van der Waals surface area (Å²) in [4.78, 5) is 8.87. The fourth-order valence-electron chi connectivity index (χ4n) is 1.97. The Labute approximate surface area is 127 Å². The number of pyridine rings is 2. The van der Waals surface area contributed by atoms with E-state index in [1.807, 2.05) is 24.4 Å². The molecule has 0 fully saturated rings. The van der Waals surface area contributed by atoms with Crippen molar-refractivity contribution in [3.05, 3.63) is 47.0 Å². The van der Waals surface area contributed by atoms with Crippen LogP contribution in [0.25, 0.3) is 11.1 Å². The number of halogens is 1. The molecule has 0 unspecified atom stereocenters. The van der Waals surface area contributed by atoms with E-state index in [4.69, 9.17) is 13.0 Å². The van der Waals surface area contributed by atoms with Crippen molar-refractivity contribution in [2.75, 3.05) is 0 Å². The molecule has 0 radical (unpaired) electrons. The summed E-state index contributed by atoms with van der Waals surface area (Å²) in [5.74, 6) is -0.802. The van der Waals surface area contributed by atoms with Gasteiger partial charge in [-0.1, -0.05) is 52.3 Å². The van der Waals surface area contributed by atoms with Crippen molar-refractivity contribution in [2.45, 2.75) is 45.9 Å². The van der Waals surface area contributed by atoms with Gasteiger partial charge in [0.2, 0.25) is 0 Å². The van der Waals surface area contributed by atoms with Gasteiger partial charge in [-0.25, -0.2) is 0 Å². The molecule has 106 valence electrons. The lowest BCUT2D eigenvalue weighted by atomic mass is 9.91. The number of rotatable bonds is 2. The average Bonchev–Trinajstić information content (AvgIpc) is 2.36. The third kappa shape index (κ3) is 3.18. The Bertz CT molecular complexity index is 637. The van der Waals surface area contributed by atoms with E-state index >= 15 is 0 Å². The second kappa shape index (κ2) is 5.53. The van der Waals surface area contributed by atoms with Crippen LogP contribution >= 0.6 is 11.6 Å². The molecular weight excluding hydrogens is 268 g/mol. The molecule has 0 aliphatic carbocycles. The van der Waals surface area contributed by atoms with Crippen LogP contribution in [-0.2, 0) is 5.41 Å². The Morgan fingerprint density at radius 1 is 1.10 bits per heavy atom. The first-order chi connectivity index (χ1) is 9.59. The van der Waals surface area contributed by atoms with Gasteiger partial charge in [0.15, 0.2) is 0 Å². The van der Waals surface area contributed by atoms with Gasteiger partial charge in [-0.15, -0.1) is 0 Å². The average molecular weight is 291 g/mol. The molecule has 2 nitrogen and oxygen atoms in total. The number of hydrogen-bond acceptors (Lipinski definition) is 2. The van der Waals surface area contributed by atoms with E-state index in [2.05, 4.69) is 30.7 Å². The maximum absolute atomic E-state index is 8.03. The summed E-state index contributed by atoms with van der Waals surface area (Å²) >= 11 is 6.26. The summed E-state index contributed by atoms with van der Waals surface area (Å²) in [5.41, 5.74) is 3.57. The molecule has 0 bridgehead atoms. The van der Waals surface area contributed by atoms with Gasteiger partial charge in [0, 0.05) is 36.0 Å². The molecule has 0 atom stereocenters. The molecule has 2 heterocycles. The SMILES string of the molecule is [3H]C(C)(C)c1ncc(-c2ccc(C(C)(C)C)nc2)cc1Cl. The molecule has 20 heavy (non-hydrogen) atoms. The van der Waals surface area contributed by atoms with Crippen LogP contribution in [0.15, 0.2) is 30.6 Å². The van der Waals surface area contributed by atoms with Crippen molar-refractivity contribution in [2.24, 2.45) is 0 Å². The van der Waals surface area contributed by atoms with E-state index in [1.165, 1.54) is 0 Å². The maximum atomic E-state index is 8.03. The zero-order valence-corrected chi connectivity index (χ0v) is 13.4. The van der Waals surface area contributed by atoms with Gasteiger partial charge in [-0.3, -0.25) is 9.97 Å². The molecule has 2 aromatic heterocycles. The van der Waals surface area contributed by atoms with Crippen LogP contribution in [0.1, 0.15) is 53.3 Å². The summed E-state index contributed by atoms with van der Waals surface area (Å²) in [6.07, 6.45) is 3.60. The monoisotopic (exact) mass is 290 g/mol. The van der Waals surface area contributed by atoms with E-state index in [0.29, 0.717) is 10.7 Å². The third-order valence-electron chi connectivity index (χ3n) is 3.18. The molecule has 0 aliphatic rings. The highest BCUT2D eigenvalue weighted by atomic mass is 35.5. The topological polar surface area (TPSA) is 25.8 Å². The predicted octanol–water partition coefficient (Wildman–Crippen LogP) is 5.22. The minimum Gasteiger partial charge on any atom is -0.260 e. The maximum Gasteiger partial charge on any atom is 0.0630 e. The van der Waals surface area contributed by atoms with Gasteiger partial charge in [0.05, 0.1) is 10.7 Å². The lowest BCUT2D eigenvalue weighted by molar-refractivity contribution is 0.569. The predicted molar refractivity (Wildman–Crippen MR) is 85.3 cm³/mol. The summed E-state index contributed by atoms with van der Waals surface area (Å²) in [7, 11) is 0. The summed E-state index contributed by atoms with van der Waals surface area (Å²) in [6.45, 7) is 9.97. The Hall–Kier alpha value is -1.41. The molecule has 0 N–H and O–H groups in total. The van der Waals surface area contributed by atoms with Crippen LogP contribution in [0.2, 0.25) is 5.02 Å². The van der Waals surface area contributed by atoms with Crippen LogP contribution < -0.4 is 0 Å². The highest BCUT2D eigenvalue weighted by molar-refractivity contribution is 6.31. The van der Waals surface area contributed by atoms with E-state index in [9.17, 15) is 0 Å². The Balaban J connectivity index is 2.37. The minimum atomic E-state index is -0.802. The molecule has 2 rings (SSSR count). The standard InChI is InChI=1S/C17H21ClN2/c1-11(2)16-14(18)8-13(10-20-16)12-6-7-15(19-9-12)17(3,4)5/h6-11H,1-5H3/i11T. The van der Waals surface area contributed by atoms with Crippen molar-refractivity contribution in [1.29, 1.82) is 0 Å².